The Hall–Kier alpha value is -2.11. The van der Waals surface area contributed by atoms with E-state index in [0.29, 0.717) is 6.54 Å². The first-order chi connectivity index (χ1) is 9.49. The Morgan fingerprint density at radius 1 is 1.50 bits per heavy atom. The summed E-state index contributed by atoms with van der Waals surface area (Å²) >= 11 is 0. The van der Waals surface area contributed by atoms with Gasteiger partial charge in [0.25, 0.3) is 5.91 Å². The Morgan fingerprint density at radius 3 is 2.70 bits per heavy atom. The van der Waals surface area contributed by atoms with Crippen LogP contribution in [-0.4, -0.2) is 17.4 Å². The fraction of sp³-hybridized carbons (Fsp3) is 0.500. The highest BCUT2D eigenvalue weighted by atomic mass is 16.6. The first-order valence-electron chi connectivity index (χ1n) is 6.80. The number of nitrogen functional groups attached to an aromatic ring is 1. The van der Waals surface area contributed by atoms with E-state index in [-0.39, 0.29) is 22.4 Å². The molecule has 0 unspecified atom stereocenters. The molecular formula is C14H19N3O3. The molecule has 1 aromatic rings. The zero-order chi connectivity index (χ0) is 14.8. The van der Waals surface area contributed by atoms with E-state index in [0.717, 1.165) is 19.3 Å². The maximum absolute atomic E-state index is 12.2. The van der Waals surface area contributed by atoms with Crippen LogP contribution in [0.15, 0.2) is 18.2 Å². The summed E-state index contributed by atoms with van der Waals surface area (Å²) in [6.07, 6.45) is 4.39. The van der Waals surface area contributed by atoms with Crippen molar-refractivity contribution in [3.8, 4) is 0 Å². The van der Waals surface area contributed by atoms with E-state index in [1.165, 1.54) is 18.6 Å². The van der Waals surface area contributed by atoms with Crippen LogP contribution in [0.3, 0.4) is 0 Å². The van der Waals surface area contributed by atoms with Crippen molar-refractivity contribution in [1.29, 1.82) is 0 Å². The molecule has 1 aliphatic rings. The van der Waals surface area contributed by atoms with Crippen LogP contribution in [0.2, 0.25) is 0 Å². The van der Waals surface area contributed by atoms with Gasteiger partial charge in [-0.25, -0.2) is 0 Å². The molecule has 1 fully saturated rings. The lowest BCUT2D eigenvalue weighted by molar-refractivity contribution is -0.384. The zero-order valence-electron chi connectivity index (χ0n) is 11.5. The van der Waals surface area contributed by atoms with Gasteiger partial charge in [-0.15, -0.1) is 0 Å². The number of nitrogens with two attached hydrogens (primary N) is 1. The molecular weight excluding hydrogens is 258 g/mol. The van der Waals surface area contributed by atoms with Gasteiger partial charge in [-0.2, -0.15) is 0 Å². The third-order valence-corrected chi connectivity index (χ3v) is 4.28. The number of rotatable bonds is 5. The van der Waals surface area contributed by atoms with E-state index < -0.39 is 10.8 Å². The molecule has 1 aromatic carbocycles. The van der Waals surface area contributed by atoms with Crippen LogP contribution < -0.4 is 11.1 Å². The number of nitro groups is 1. The van der Waals surface area contributed by atoms with E-state index in [1.54, 1.807) is 6.07 Å². The summed E-state index contributed by atoms with van der Waals surface area (Å²) in [5, 5.41) is 13.8. The SMILES string of the molecule is CCC1(CNC(=O)c2cccc(N)c2[N+](=O)[O-])CCC1. The molecule has 3 N–H and O–H groups in total. The van der Waals surface area contributed by atoms with Gasteiger partial charge in [-0.05, 0) is 36.8 Å². The first kappa shape index (κ1) is 14.3. The summed E-state index contributed by atoms with van der Waals surface area (Å²) in [5.74, 6) is -0.427. The molecule has 1 aliphatic carbocycles. The summed E-state index contributed by atoms with van der Waals surface area (Å²) in [5.41, 5.74) is 5.48. The standard InChI is InChI=1S/C14H19N3O3/c1-2-14(7-4-8-14)9-16-13(18)10-5-3-6-11(15)12(10)17(19)20/h3,5-6H,2,4,7-9,15H2,1H3,(H,16,18). The monoisotopic (exact) mass is 277 g/mol. The molecule has 0 spiro atoms. The van der Waals surface area contributed by atoms with Crippen molar-refractivity contribution in [1.82, 2.24) is 5.32 Å². The Kier molecular flexibility index (Phi) is 3.92. The first-order valence-corrected chi connectivity index (χ1v) is 6.80. The minimum Gasteiger partial charge on any atom is -0.393 e. The van der Waals surface area contributed by atoms with Crippen LogP contribution >= 0.6 is 0 Å². The molecule has 108 valence electrons. The number of hydrogen-bond acceptors (Lipinski definition) is 4. The minimum atomic E-state index is -0.608. The van der Waals surface area contributed by atoms with Crippen LogP contribution in [0.1, 0.15) is 43.0 Å². The lowest BCUT2D eigenvalue weighted by Crippen LogP contribution is -2.41. The van der Waals surface area contributed by atoms with Crippen molar-refractivity contribution in [3.63, 3.8) is 0 Å². The minimum absolute atomic E-state index is 0.0106. The normalized spacial score (nSPS) is 16.2. The number of carbonyl (C=O) groups excluding carboxylic acids is 1. The van der Waals surface area contributed by atoms with Gasteiger partial charge in [0, 0.05) is 6.54 Å². The molecule has 6 nitrogen and oxygen atoms in total. The summed E-state index contributed by atoms with van der Waals surface area (Å²) < 4.78 is 0. The van der Waals surface area contributed by atoms with E-state index >= 15 is 0 Å². The van der Waals surface area contributed by atoms with Crippen molar-refractivity contribution < 1.29 is 9.72 Å². The molecule has 0 aliphatic heterocycles. The molecule has 1 amide bonds. The number of hydrogen-bond donors (Lipinski definition) is 2. The van der Waals surface area contributed by atoms with Crippen molar-refractivity contribution in [2.45, 2.75) is 32.6 Å². The molecule has 0 heterocycles. The van der Waals surface area contributed by atoms with Crippen LogP contribution in [0.25, 0.3) is 0 Å². The third kappa shape index (κ3) is 2.59. The molecule has 0 atom stereocenters. The Balaban J connectivity index is 2.13. The lowest BCUT2D eigenvalue weighted by Gasteiger charge is -2.41. The fourth-order valence-corrected chi connectivity index (χ4v) is 2.64. The van der Waals surface area contributed by atoms with Crippen molar-refractivity contribution in [2.75, 3.05) is 12.3 Å². The van der Waals surface area contributed by atoms with E-state index in [1.807, 2.05) is 0 Å². The Labute approximate surface area is 117 Å². The quantitative estimate of drug-likeness (QED) is 0.490. The average molecular weight is 277 g/mol. The number of nitrogens with zero attached hydrogens (tertiary/aromatic N) is 1. The van der Waals surface area contributed by atoms with Crippen LogP contribution in [0.5, 0.6) is 0 Å². The van der Waals surface area contributed by atoms with Crippen LogP contribution in [-0.2, 0) is 0 Å². The number of carbonyl (C=O) groups is 1. The molecule has 20 heavy (non-hydrogen) atoms. The average Bonchev–Trinajstić information content (AvgIpc) is 2.37. The number of anilines is 1. The molecule has 0 aromatic heterocycles. The van der Waals surface area contributed by atoms with Crippen LogP contribution in [0, 0.1) is 15.5 Å². The number of nitrogens with one attached hydrogen (secondary N) is 1. The summed E-state index contributed by atoms with van der Waals surface area (Å²) in [4.78, 5) is 22.6. The topological polar surface area (TPSA) is 98.3 Å². The molecule has 0 bridgehead atoms. The Morgan fingerprint density at radius 2 is 2.20 bits per heavy atom. The van der Waals surface area contributed by atoms with Crippen molar-refractivity contribution in [2.24, 2.45) is 5.41 Å². The number of benzene rings is 1. The van der Waals surface area contributed by atoms with Gasteiger partial charge in [0.05, 0.1) is 4.92 Å². The summed E-state index contributed by atoms with van der Waals surface area (Å²) in [7, 11) is 0. The highest BCUT2D eigenvalue weighted by Crippen LogP contribution is 2.43. The second-order valence-corrected chi connectivity index (χ2v) is 5.39. The largest absolute Gasteiger partial charge is 0.393 e. The highest BCUT2D eigenvalue weighted by Gasteiger charge is 2.35. The van der Waals surface area contributed by atoms with Crippen LogP contribution in [0.4, 0.5) is 11.4 Å². The van der Waals surface area contributed by atoms with Gasteiger partial charge < -0.3 is 11.1 Å². The maximum Gasteiger partial charge on any atom is 0.304 e. The molecule has 0 radical (unpaired) electrons. The summed E-state index contributed by atoms with van der Waals surface area (Å²) in [6.45, 7) is 2.67. The molecule has 2 rings (SSSR count). The van der Waals surface area contributed by atoms with E-state index in [9.17, 15) is 14.9 Å². The predicted octanol–water partition coefficient (Wildman–Crippen LogP) is 2.49. The van der Waals surface area contributed by atoms with Gasteiger partial charge >= 0.3 is 5.69 Å². The zero-order valence-corrected chi connectivity index (χ0v) is 11.5. The van der Waals surface area contributed by atoms with Gasteiger partial charge in [-0.3, -0.25) is 14.9 Å². The highest BCUT2D eigenvalue weighted by molar-refractivity contribution is 6.00. The number of amides is 1. The lowest BCUT2D eigenvalue weighted by atomic mass is 9.67. The number of para-hydroxylation sites is 1. The number of nitro benzene ring substituents is 1. The molecule has 6 heteroatoms. The third-order valence-electron chi connectivity index (χ3n) is 4.28. The second kappa shape index (κ2) is 5.48. The second-order valence-electron chi connectivity index (χ2n) is 5.39. The smallest absolute Gasteiger partial charge is 0.304 e. The van der Waals surface area contributed by atoms with E-state index in [4.69, 9.17) is 5.73 Å². The molecule has 1 saturated carbocycles. The van der Waals surface area contributed by atoms with Gasteiger partial charge in [0.2, 0.25) is 0 Å². The van der Waals surface area contributed by atoms with Gasteiger partial charge in [0.1, 0.15) is 11.3 Å². The van der Waals surface area contributed by atoms with E-state index in [2.05, 4.69) is 12.2 Å². The Bertz CT molecular complexity index is 533. The fourth-order valence-electron chi connectivity index (χ4n) is 2.64. The molecule has 0 saturated heterocycles. The maximum atomic E-state index is 12.2. The van der Waals surface area contributed by atoms with Crippen molar-refractivity contribution in [3.05, 3.63) is 33.9 Å². The van der Waals surface area contributed by atoms with Gasteiger partial charge in [0.15, 0.2) is 0 Å². The van der Waals surface area contributed by atoms with Crippen molar-refractivity contribution >= 4 is 17.3 Å². The predicted molar refractivity (Wildman–Crippen MR) is 76.4 cm³/mol. The van der Waals surface area contributed by atoms with Gasteiger partial charge in [-0.1, -0.05) is 19.4 Å². The summed E-state index contributed by atoms with van der Waals surface area (Å²) in [6, 6.07) is 4.41.